The van der Waals surface area contributed by atoms with Crippen LogP contribution in [0.15, 0.2) is 36.9 Å². The zero-order valence-corrected chi connectivity index (χ0v) is 15.2. The van der Waals surface area contributed by atoms with Crippen LogP contribution in [0.4, 0.5) is 0 Å². The van der Waals surface area contributed by atoms with E-state index >= 15 is 0 Å². The number of rotatable bonds is 7. The Hall–Kier alpha value is -1.76. The number of likely N-dealkylation sites (N-methyl/N-ethyl adjacent to an activating group) is 1. The molecule has 1 aromatic carbocycles. The molecule has 0 aliphatic rings. The fraction of sp³-hybridized carbons (Fsp3) is 0.556. The number of ether oxygens (including phenoxy) is 1. The summed E-state index contributed by atoms with van der Waals surface area (Å²) < 4.78 is 7.37. The van der Waals surface area contributed by atoms with E-state index in [1.165, 1.54) is 11.9 Å². The lowest BCUT2D eigenvalue weighted by Crippen LogP contribution is -2.36. The predicted molar refractivity (Wildman–Crippen MR) is 94.1 cm³/mol. The molecule has 0 saturated heterocycles. The van der Waals surface area contributed by atoms with Gasteiger partial charge in [0.15, 0.2) is 0 Å². The molecule has 0 spiro atoms. The molecule has 2 rings (SSSR count). The highest BCUT2D eigenvalue weighted by molar-refractivity contribution is 5.34. The van der Waals surface area contributed by atoms with Gasteiger partial charge in [0.05, 0.1) is 24.0 Å². The average Bonchev–Trinajstić information content (AvgIpc) is 3.06. The Bertz CT molecular complexity index is 605. The first-order valence-electron chi connectivity index (χ1n) is 8.23. The van der Waals surface area contributed by atoms with Gasteiger partial charge in [0, 0.05) is 12.6 Å². The zero-order valence-electron chi connectivity index (χ0n) is 15.2. The number of aromatic nitrogens is 3. The van der Waals surface area contributed by atoms with Gasteiger partial charge < -0.3 is 9.84 Å². The smallest absolute Gasteiger partial charge is 0.138 e. The van der Waals surface area contributed by atoms with Gasteiger partial charge in [0.2, 0.25) is 0 Å². The molecule has 0 radical (unpaired) electrons. The van der Waals surface area contributed by atoms with Gasteiger partial charge in [0.1, 0.15) is 12.7 Å². The van der Waals surface area contributed by atoms with Crippen molar-refractivity contribution in [1.82, 2.24) is 19.7 Å². The van der Waals surface area contributed by atoms with Crippen molar-refractivity contribution in [1.29, 1.82) is 0 Å². The van der Waals surface area contributed by atoms with Gasteiger partial charge in [-0.2, -0.15) is 5.10 Å². The largest absolute Gasteiger partial charge is 0.389 e. The third-order valence-corrected chi connectivity index (χ3v) is 3.93. The Kier molecular flexibility index (Phi) is 6.10. The normalized spacial score (nSPS) is 14.8. The van der Waals surface area contributed by atoms with Gasteiger partial charge in [-0.15, -0.1) is 0 Å². The number of hydrogen-bond acceptors (Lipinski definition) is 5. The van der Waals surface area contributed by atoms with E-state index in [1.807, 2.05) is 40.0 Å². The average molecular weight is 332 g/mol. The molecule has 2 atom stereocenters. The van der Waals surface area contributed by atoms with Gasteiger partial charge in [-0.25, -0.2) is 9.67 Å². The maximum Gasteiger partial charge on any atom is 0.138 e. The van der Waals surface area contributed by atoms with E-state index in [4.69, 9.17) is 4.74 Å². The van der Waals surface area contributed by atoms with E-state index in [2.05, 4.69) is 34.0 Å². The number of hydrogen-bond donors (Lipinski definition) is 1. The highest BCUT2D eigenvalue weighted by Crippen LogP contribution is 2.20. The zero-order chi connectivity index (χ0) is 17.7. The molecule has 0 saturated carbocycles. The molecule has 6 heteroatoms. The van der Waals surface area contributed by atoms with E-state index in [-0.39, 0.29) is 11.6 Å². The van der Waals surface area contributed by atoms with Crippen LogP contribution >= 0.6 is 0 Å². The molecule has 0 fully saturated rings. The standard InChI is InChI=1S/C18H28N4O2/c1-14(21(5)10-17(23)11-24-18(2,3)4)15-6-8-16(9-7-15)22-13-19-12-20-22/h6-9,12-14,17,23H,10-11H2,1-5H3. The first kappa shape index (κ1) is 18.6. The molecule has 0 amide bonds. The molecule has 1 aromatic heterocycles. The van der Waals surface area contributed by atoms with Gasteiger partial charge in [-0.3, -0.25) is 4.90 Å². The van der Waals surface area contributed by atoms with Crippen molar-refractivity contribution in [2.24, 2.45) is 0 Å². The van der Waals surface area contributed by atoms with Crippen LogP contribution in [0.5, 0.6) is 0 Å². The maximum atomic E-state index is 10.2. The van der Waals surface area contributed by atoms with Crippen molar-refractivity contribution in [2.75, 3.05) is 20.2 Å². The summed E-state index contributed by atoms with van der Waals surface area (Å²) in [7, 11) is 2.01. The van der Waals surface area contributed by atoms with E-state index in [0.29, 0.717) is 13.2 Å². The molecule has 132 valence electrons. The molecule has 1 heterocycles. The van der Waals surface area contributed by atoms with E-state index in [9.17, 15) is 5.11 Å². The highest BCUT2D eigenvalue weighted by atomic mass is 16.5. The minimum atomic E-state index is -0.508. The third kappa shape index (κ3) is 5.40. The molecule has 6 nitrogen and oxygen atoms in total. The minimum Gasteiger partial charge on any atom is -0.389 e. The number of benzene rings is 1. The van der Waals surface area contributed by atoms with E-state index in [0.717, 1.165) is 5.69 Å². The van der Waals surface area contributed by atoms with E-state index < -0.39 is 6.10 Å². The van der Waals surface area contributed by atoms with Gasteiger partial charge >= 0.3 is 0 Å². The second-order valence-electron chi connectivity index (χ2n) is 7.12. The lowest BCUT2D eigenvalue weighted by molar-refractivity contribution is -0.0566. The summed E-state index contributed by atoms with van der Waals surface area (Å²) in [5, 5.41) is 14.3. The van der Waals surface area contributed by atoms with Crippen molar-refractivity contribution >= 4 is 0 Å². The molecule has 24 heavy (non-hydrogen) atoms. The molecule has 0 bridgehead atoms. The van der Waals surface area contributed by atoms with Crippen molar-refractivity contribution < 1.29 is 9.84 Å². The van der Waals surface area contributed by atoms with Crippen LogP contribution in [0, 0.1) is 0 Å². The predicted octanol–water partition coefficient (Wildman–Crippen LogP) is 2.44. The van der Waals surface area contributed by atoms with Crippen LogP contribution < -0.4 is 0 Å². The van der Waals surface area contributed by atoms with E-state index in [1.54, 1.807) is 11.0 Å². The number of aliphatic hydroxyl groups is 1. The minimum absolute atomic E-state index is 0.194. The van der Waals surface area contributed by atoms with Crippen molar-refractivity contribution in [3.05, 3.63) is 42.5 Å². The third-order valence-electron chi connectivity index (χ3n) is 3.93. The van der Waals surface area contributed by atoms with Gasteiger partial charge in [-0.05, 0) is 52.4 Å². The van der Waals surface area contributed by atoms with Gasteiger partial charge in [0.25, 0.3) is 0 Å². The summed E-state index contributed by atoms with van der Waals surface area (Å²) in [6.07, 6.45) is 2.69. The van der Waals surface area contributed by atoms with Crippen LogP contribution in [-0.4, -0.2) is 56.7 Å². The van der Waals surface area contributed by atoms with Gasteiger partial charge in [-0.1, -0.05) is 12.1 Å². The molecular weight excluding hydrogens is 304 g/mol. The number of nitrogens with zero attached hydrogens (tertiary/aromatic N) is 4. The lowest BCUT2D eigenvalue weighted by Gasteiger charge is -2.29. The summed E-state index contributed by atoms with van der Waals surface area (Å²) in [6.45, 7) is 8.99. The Morgan fingerprint density at radius 2 is 1.92 bits per heavy atom. The van der Waals surface area contributed by atoms with Crippen LogP contribution in [0.1, 0.15) is 39.3 Å². The van der Waals surface area contributed by atoms with Crippen LogP contribution in [0.25, 0.3) is 5.69 Å². The Balaban J connectivity index is 1.91. The summed E-state index contributed by atoms with van der Waals surface area (Å²) in [5.74, 6) is 0. The lowest BCUT2D eigenvalue weighted by atomic mass is 10.1. The second-order valence-corrected chi connectivity index (χ2v) is 7.12. The summed E-state index contributed by atoms with van der Waals surface area (Å²) in [6, 6.07) is 8.40. The van der Waals surface area contributed by atoms with Crippen LogP contribution in [-0.2, 0) is 4.74 Å². The van der Waals surface area contributed by atoms with Crippen molar-refractivity contribution in [3.63, 3.8) is 0 Å². The van der Waals surface area contributed by atoms with Crippen molar-refractivity contribution in [2.45, 2.75) is 45.4 Å². The molecule has 0 aliphatic heterocycles. The Labute approximate surface area is 144 Å². The molecule has 1 N–H and O–H groups in total. The fourth-order valence-electron chi connectivity index (χ4n) is 2.39. The Morgan fingerprint density at radius 3 is 2.46 bits per heavy atom. The van der Waals surface area contributed by atoms with Crippen LogP contribution in [0.3, 0.4) is 0 Å². The number of aliphatic hydroxyl groups excluding tert-OH is 1. The first-order valence-corrected chi connectivity index (χ1v) is 8.23. The summed E-state index contributed by atoms with van der Waals surface area (Å²) in [4.78, 5) is 6.08. The first-order chi connectivity index (χ1) is 11.3. The molecule has 0 aliphatic carbocycles. The molecule has 2 aromatic rings. The van der Waals surface area contributed by atoms with Crippen LogP contribution in [0.2, 0.25) is 0 Å². The fourth-order valence-corrected chi connectivity index (χ4v) is 2.39. The van der Waals surface area contributed by atoms with Crippen molar-refractivity contribution in [3.8, 4) is 5.69 Å². The topological polar surface area (TPSA) is 63.4 Å². The molecular formula is C18H28N4O2. The maximum absolute atomic E-state index is 10.2. The monoisotopic (exact) mass is 332 g/mol. The Morgan fingerprint density at radius 1 is 1.25 bits per heavy atom. The highest BCUT2D eigenvalue weighted by Gasteiger charge is 2.18. The summed E-state index contributed by atoms with van der Waals surface area (Å²) >= 11 is 0. The summed E-state index contributed by atoms with van der Waals surface area (Å²) in [5.41, 5.74) is 1.93. The second kappa shape index (κ2) is 7.88. The quantitative estimate of drug-likeness (QED) is 0.844. The SMILES string of the molecule is CC(c1ccc(-n2cncn2)cc1)N(C)CC(O)COC(C)(C)C. The molecule has 2 unspecified atom stereocenters.